The molecular formula is C20H20F3NO6-2. The molecule has 10 heteroatoms. The molecule has 0 aromatic heterocycles. The number of nitrogens with one attached hydrogen (secondary N) is 1. The van der Waals surface area contributed by atoms with Gasteiger partial charge in [-0.1, -0.05) is 18.2 Å². The van der Waals surface area contributed by atoms with Gasteiger partial charge in [-0.3, -0.25) is 0 Å². The number of carboxylic acids is 2. The van der Waals surface area contributed by atoms with Crippen LogP contribution in [0.25, 0.3) is 0 Å². The van der Waals surface area contributed by atoms with E-state index < -0.39 is 52.6 Å². The monoisotopic (exact) mass is 427 g/mol. The van der Waals surface area contributed by atoms with Crippen LogP contribution < -0.4 is 15.5 Å². The second-order valence-electron chi connectivity index (χ2n) is 6.33. The number of aliphatic carboxylic acids is 2. The zero-order valence-corrected chi connectivity index (χ0v) is 16.5. The van der Waals surface area contributed by atoms with Gasteiger partial charge in [0.1, 0.15) is 0 Å². The number of carbonyl (C=O) groups excluding carboxylic acids is 2. The van der Waals surface area contributed by atoms with E-state index in [-0.39, 0.29) is 24.6 Å². The van der Waals surface area contributed by atoms with Gasteiger partial charge >= 0.3 is 6.18 Å². The first-order valence-corrected chi connectivity index (χ1v) is 9.08. The van der Waals surface area contributed by atoms with Crippen molar-refractivity contribution in [2.24, 2.45) is 0 Å². The highest BCUT2D eigenvalue weighted by Gasteiger charge is 2.41. The predicted molar refractivity (Wildman–Crippen MR) is 94.1 cm³/mol. The molecule has 2 rings (SSSR count). The van der Waals surface area contributed by atoms with Gasteiger partial charge in [0.15, 0.2) is 6.29 Å². The summed E-state index contributed by atoms with van der Waals surface area (Å²) in [6.07, 6.45) is -6.14. The van der Waals surface area contributed by atoms with Crippen molar-refractivity contribution >= 4 is 11.9 Å². The minimum absolute atomic E-state index is 0.0933. The van der Waals surface area contributed by atoms with Crippen molar-refractivity contribution in [3.63, 3.8) is 0 Å². The van der Waals surface area contributed by atoms with Gasteiger partial charge in [0, 0.05) is 36.0 Å². The number of hydrogen-bond acceptors (Lipinski definition) is 7. The van der Waals surface area contributed by atoms with Crippen LogP contribution in [0.3, 0.4) is 0 Å². The number of carboxylic acid groups (broad SMARTS) is 2. The molecule has 0 bridgehead atoms. The normalized spacial score (nSPS) is 17.4. The molecule has 1 atom stereocenters. The van der Waals surface area contributed by atoms with Crippen LogP contribution in [0, 0.1) is 0 Å². The number of dihydropyridines is 1. The van der Waals surface area contributed by atoms with Gasteiger partial charge in [0.2, 0.25) is 0 Å². The van der Waals surface area contributed by atoms with Crippen molar-refractivity contribution in [2.45, 2.75) is 39.2 Å². The first-order valence-electron chi connectivity index (χ1n) is 9.08. The van der Waals surface area contributed by atoms with Crippen molar-refractivity contribution in [1.82, 2.24) is 5.32 Å². The van der Waals surface area contributed by atoms with Crippen LogP contribution in [0.1, 0.15) is 37.8 Å². The SMILES string of the molecule is CCOC(OCC)C1=C(C(=O)[O-])C(c2ccccc2C(F)(F)F)C(C(=O)[O-])=C(C)N1. The summed E-state index contributed by atoms with van der Waals surface area (Å²) in [5, 5.41) is 26.5. The van der Waals surface area contributed by atoms with Gasteiger partial charge in [-0.25, -0.2) is 0 Å². The smallest absolute Gasteiger partial charge is 0.416 e. The van der Waals surface area contributed by atoms with Crippen LogP contribution in [0.2, 0.25) is 0 Å². The van der Waals surface area contributed by atoms with E-state index in [1.807, 2.05) is 0 Å². The standard InChI is InChI=1S/C20H22F3NO6/c1-4-29-19(30-5-2)16-15(18(27)28)14(13(17(25)26)10(3)24-16)11-8-6-7-9-12(11)20(21,22)23/h6-9,14,19,24H,4-5H2,1-3H3,(H,25,26)(H,27,28)/p-2. The van der Waals surface area contributed by atoms with Crippen LogP contribution in [-0.4, -0.2) is 31.4 Å². The highest BCUT2D eigenvalue weighted by atomic mass is 19.4. The fraction of sp³-hybridized carbons (Fsp3) is 0.400. The zero-order chi connectivity index (χ0) is 22.6. The van der Waals surface area contributed by atoms with Crippen LogP contribution in [0.5, 0.6) is 0 Å². The molecular weight excluding hydrogens is 407 g/mol. The summed E-state index contributed by atoms with van der Waals surface area (Å²) in [5.74, 6) is -5.50. The van der Waals surface area contributed by atoms with E-state index in [9.17, 15) is 33.0 Å². The van der Waals surface area contributed by atoms with Gasteiger partial charge in [0.05, 0.1) is 23.2 Å². The van der Waals surface area contributed by atoms with Gasteiger partial charge in [-0.15, -0.1) is 0 Å². The summed E-state index contributed by atoms with van der Waals surface area (Å²) in [6.45, 7) is 4.70. The Balaban J connectivity index is 2.87. The van der Waals surface area contributed by atoms with Crippen LogP contribution in [-0.2, 0) is 25.2 Å². The largest absolute Gasteiger partial charge is 0.545 e. The Morgan fingerprint density at radius 2 is 1.60 bits per heavy atom. The van der Waals surface area contributed by atoms with Crippen molar-refractivity contribution < 1.29 is 42.4 Å². The van der Waals surface area contributed by atoms with Crippen molar-refractivity contribution in [2.75, 3.05) is 13.2 Å². The number of alkyl halides is 3. The molecule has 0 saturated carbocycles. The van der Waals surface area contributed by atoms with E-state index >= 15 is 0 Å². The van der Waals surface area contributed by atoms with Crippen molar-refractivity contribution in [1.29, 1.82) is 0 Å². The maximum Gasteiger partial charge on any atom is 0.416 e. The lowest BCUT2D eigenvalue weighted by Gasteiger charge is -2.37. The fourth-order valence-corrected chi connectivity index (χ4v) is 3.37. The summed E-state index contributed by atoms with van der Waals surface area (Å²) in [4.78, 5) is 23.9. The van der Waals surface area contributed by atoms with E-state index in [2.05, 4.69) is 5.32 Å². The third-order valence-electron chi connectivity index (χ3n) is 4.48. The van der Waals surface area contributed by atoms with E-state index in [1.165, 1.54) is 13.0 Å². The Labute approximate surface area is 170 Å². The maximum atomic E-state index is 13.6. The predicted octanol–water partition coefficient (Wildman–Crippen LogP) is 0.819. The molecule has 30 heavy (non-hydrogen) atoms. The third kappa shape index (κ3) is 4.65. The summed E-state index contributed by atoms with van der Waals surface area (Å²) in [7, 11) is 0. The van der Waals surface area contributed by atoms with E-state index in [1.54, 1.807) is 13.8 Å². The van der Waals surface area contributed by atoms with Gasteiger partial charge < -0.3 is 34.6 Å². The molecule has 0 saturated heterocycles. The maximum absolute atomic E-state index is 13.6. The minimum Gasteiger partial charge on any atom is -0.545 e. The molecule has 1 unspecified atom stereocenters. The number of halogens is 3. The molecule has 1 heterocycles. The summed E-state index contributed by atoms with van der Waals surface area (Å²) >= 11 is 0. The number of carbonyl (C=O) groups is 2. The van der Waals surface area contributed by atoms with Crippen molar-refractivity contribution in [3.8, 4) is 0 Å². The lowest BCUT2D eigenvalue weighted by molar-refractivity contribution is -0.300. The molecule has 1 aliphatic rings. The van der Waals surface area contributed by atoms with Crippen molar-refractivity contribution in [3.05, 3.63) is 57.9 Å². The highest BCUT2D eigenvalue weighted by Crippen LogP contribution is 2.44. The van der Waals surface area contributed by atoms with Crippen LogP contribution in [0.4, 0.5) is 13.2 Å². The Morgan fingerprint density at radius 1 is 1.07 bits per heavy atom. The molecule has 0 spiro atoms. The second-order valence-corrected chi connectivity index (χ2v) is 6.33. The fourth-order valence-electron chi connectivity index (χ4n) is 3.37. The Morgan fingerprint density at radius 3 is 2.07 bits per heavy atom. The van der Waals surface area contributed by atoms with E-state index in [0.29, 0.717) is 0 Å². The molecule has 0 aliphatic carbocycles. The number of allylic oxidation sites excluding steroid dienone is 1. The number of benzene rings is 1. The van der Waals surface area contributed by atoms with Crippen LogP contribution in [0.15, 0.2) is 46.8 Å². The molecule has 1 N–H and O–H groups in total. The third-order valence-corrected chi connectivity index (χ3v) is 4.48. The Bertz CT molecular complexity index is 885. The number of hydrogen-bond donors (Lipinski definition) is 1. The topological polar surface area (TPSA) is 111 Å². The lowest BCUT2D eigenvalue weighted by Crippen LogP contribution is -2.44. The molecule has 0 fully saturated rings. The van der Waals surface area contributed by atoms with Gasteiger partial charge in [-0.2, -0.15) is 13.2 Å². The summed E-state index contributed by atoms with van der Waals surface area (Å²) < 4.78 is 51.7. The highest BCUT2D eigenvalue weighted by molar-refractivity contribution is 5.97. The van der Waals surface area contributed by atoms with Crippen LogP contribution >= 0.6 is 0 Å². The lowest BCUT2D eigenvalue weighted by atomic mass is 9.78. The van der Waals surface area contributed by atoms with Gasteiger partial charge in [-0.05, 0) is 32.4 Å². The summed E-state index contributed by atoms with van der Waals surface area (Å²) in [6, 6.07) is 4.14. The first kappa shape index (κ1) is 23.4. The van der Waals surface area contributed by atoms with E-state index in [0.717, 1.165) is 18.2 Å². The first-order chi connectivity index (χ1) is 14.0. The Kier molecular flexibility index (Phi) is 7.27. The van der Waals surface area contributed by atoms with Gasteiger partial charge in [0.25, 0.3) is 0 Å². The second kappa shape index (κ2) is 9.31. The minimum atomic E-state index is -4.86. The number of rotatable bonds is 8. The Hall–Kier alpha value is -2.85. The average molecular weight is 427 g/mol. The summed E-state index contributed by atoms with van der Waals surface area (Å²) in [5.41, 5.74) is -3.45. The van der Waals surface area contributed by atoms with E-state index in [4.69, 9.17) is 9.47 Å². The molecule has 7 nitrogen and oxygen atoms in total. The zero-order valence-electron chi connectivity index (χ0n) is 16.5. The quantitative estimate of drug-likeness (QED) is 0.612. The molecule has 0 radical (unpaired) electrons. The molecule has 1 aromatic rings. The molecule has 1 aliphatic heterocycles. The molecule has 0 amide bonds. The average Bonchev–Trinajstić information content (AvgIpc) is 2.65. The number of ether oxygens (including phenoxy) is 2. The molecule has 1 aromatic carbocycles. The molecule has 164 valence electrons.